The lowest BCUT2D eigenvalue weighted by atomic mass is 10.1. The van der Waals surface area contributed by atoms with Crippen LogP contribution in [0.2, 0.25) is 0 Å². The summed E-state index contributed by atoms with van der Waals surface area (Å²) in [5.41, 5.74) is 3.38. The highest BCUT2D eigenvalue weighted by atomic mass is 79.9. The van der Waals surface area contributed by atoms with Crippen LogP contribution in [-0.4, -0.2) is 11.8 Å². The molecule has 22 heavy (non-hydrogen) atoms. The zero-order valence-electron chi connectivity index (χ0n) is 12.4. The molecule has 2 aromatic carbocycles. The largest absolute Gasteiger partial charge is 0.326 e. The minimum absolute atomic E-state index is 0.218. The lowest BCUT2D eigenvalue weighted by Crippen LogP contribution is -2.22. The molecular formula is C17H17BrN2O2. The Hall–Kier alpha value is -2.14. The smallest absolute Gasteiger partial charge is 0.233 e. The number of nitrogens with one attached hydrogen (secondary N) is 2. The number of para-hydroxylation sites is 1. The molecule has 114 valence electrons. The number of halogens is 1. The standard InChI is InChI=1S/C17H17BrN2O2/c1-11-4-3-5-12(2)17(11)20-16(22)10-15(21)19-14-8-6-13(18)7-9-14/h3-9H,10H2,1-2H3,(H,19,21)(H,20,22). The summed E-state index contributed by atoms with van der Waals surface area (Å²) >= 11 is 3.33. The van der Waals surface area contributed by atoms with E-state index in [1.54, 1.807) is 12.1 Å². The van der Waals surface area contributed by atoms with E-state index in [-0.39, 0.29) is 18.2 Å². The number of anilines is 2. The van der Waals surface area contributed by atoms with Gasteiger partial charge in [0.05, 0.1) is 0 Å². The number of hydrogen-bond acceptors (Lipinski definition) is 2. The lowest BCUT2D eigenvalue weighted by molar-refractivity contribution is -0.123. The Bertz CT molecular complexity index is 676. The Morgan fingerprint density at radius 2 is 1.45 bits per heavy atom. The van der Waals surface area contributed by atoms with Gasteiger partial charge in [-0.05, 0) is 49.2 Å². The summed E-state index contributed by atoms with van der Waals surface area (Å²) in [6, 6.07) is 13.0. The van der Waals surface area contributed by atoms with Gasteiger partial charge in [0.1, 0.15) is 6.42 Å². The third kappa shape index (κ3) is 4.43. The first kappa shape index (κ1) is 16.2. The van der Waals surface area contributed by atoms with Crippen LogP contribution in [0.15, 0.2) is 46.9 Å². The Labute approximate surface area is 138 Å². The van der Waals surface area contributed by atoms with Gasteiger partial charge in [-0.1, -0.05) is 34.1 Å². The van der Waals surface area contributed by atoms with Crippen molar-refractivity contribution in [3.8, 4) is 0 Å². The summed E-state index contributed by atoms with van der Waals surface area (Å²) in [5.74, 6) is -0.668. The molecule has 0 aromatic heterocycles. The van der Waals surface area contributed by atoms with E-state index in [2.05, 4.69) is 26.6 Å². The van der Waals surface area contributed by atoms with E-state index < -0.39 is 0 Å². The SMILES string of the molecule is Cc1cccc(C)c1NC(=O)CC(=O)Nc1ccc(Br)cc1. The zero-order valence-corrected chi connectivity index (χ0v) is 14.0. The fourth-order valence-electron chi connectivity index (χ4n) is 2.08. The molecule has 2 rings (SSSR count). The first-order valence-corrected chi connectivity index (χ1v) is 7.66. The topological polar surface area (TPSA) is 58.2 Å². The van der Waals surface area contributed by atoms with Crippen LogP contribution in [0, 0.1) is 13.8 Å². The van der Waals surface area contributed by atoms with Gasteiger partial charge in [0.15, 0.2) is 0 Å². The monoisotopic (exact) mass is 360 g/mol. The van der Waals surface area contributed by atoms with Gasteiger partial charge in [-0.15, -0.1) is 0 Å². The lowest BCUT2D eigenvalue weighted by Gasteiger charge is -2.11. The Morgan fingerprint density at radius 3 is 2.05 bits per heavy atom. The van der Waals surface area contributed by atoms with E-state index in [9.17, 15) is 9.59 Å². The first-order valence-electron chi connectivity index (χ1n) is 6.87. The van der Waals surface area contributed by atoms with Gasteiger partial charge in [-0.2, -0.15) is 0 Å². The van der Waals surface area contributed by atoms with Gasteiger partial charge in [-0.25, -0.2) is 0 Å². The quantitative estimate of drug-likeness (QED) is 0.808. The van der Waals surface area contributed by atoms with E-state index >= 15 is 0 Å². The summed E-state index contributed by atoms with van der Waals surface area (Å²) in [7, 11) is 0. The molecule has 0 atom stereocenters. The Morgan fingerprint density at radius 1 is 0.909 bits per heavy atom. The fraction of sp³-hybridized carbons (Fsp3) is 0.176. The van der Waals surface area contributed by atoms with Crippen LogP contribution in [0.1, 0.15) is 17.5 Å². The summed E-state index contributed by atoms with van der Waals surface area (Å²) in [6.07, 6.45) is -0.218. The van der Waals surface area contributed by atoms with Crippen LogP contribution in [0.4, 0.5) is 11.4 Å². The maximum Gasteiger partial charge on any atom is 0.233 e. The second kappa shape index (κ2) is 7.22. The molecule has 4 nitrogen and oxygen atoms in total. The highest BCUT2D eigenvalue weighted by molar-refractivity contribution is 9.10. The molecule has 0 aliphatic heterocycles. The van der Waals surface area contributed by atoms with Crippen LogP contribution in [-0.2, 0) is 9.59 Å². The third-order valence-electron chi connectivity index (χ3n) is 3.19. The molecule has 2 N–H and O–H groups in total. The maximum absolute atomic E-state index is 12.0. The molecule has 0 saturated carbocycles. The normalized spacial score (nSPS) is 10.1. The zero-order chi connectivity index (χ0) is 16.1. The Kier molecular flexibility index (Phi) is 5.33. The van der Waals surface area contributed by atoms with Crippen molar-refractivity contribution >= 4 is 39.1 Å². The summed E-state index contributed by atoms with van der Waals surface area (Å²) in [4.78, 5) is 23.9. The number of carbonyl (C=O) groups is 2. The minimum Gasteiger partial charge on any atom is -0.326 e. The van der Waals surface area contributed by atoms with Gasteiger partial charge in [0.2, 0.25) is 11.8 Å². The highest BCUT2D eigenvalue weighted by Gasteiger charge is 2.12. The molecule has 0 saturated heterocycles. The molecule has 5 heteroatoms. The molecule has 0 aliphatic rings. The van der Waals surface area contributed by atoms with E-state index in [1.807, 2.05) is 44.2 Å². The number of amides is 2. The minimum atomic E-state index is -0.342. The maximum atomic E-state index is 12.0. The second-order valence-corrected chi connectivity index (χ2v) is 5.96. The highest BCUT2D eigenvalue weighted by Crippen LogP contribution is 2.19. The van der Waals surface area contributed by atoms with Gasteiger partial charge in [-0.3, -0.25) is 9.59 Å². The van der Waals surface area contributed by atoms with Crippen LogP contribution < -0.4 is 10.6 Å². The van der Waals surface area contributed by atoms with Crippen molar-refractivity contribution in [3.63, 3.8) is 0 Å². The first-order chi connectivity index (χ1) is 10.5. The van der Waals surface area contributed by atoms with Crippen molar-refractivity contribution in [2.75, 3.05) is 10.6 Å². The molecule has 0 bridgehead atoms. The molecule has 2 amide bonds. The average Bonchev–Trinajstić information content (AvgIpc) is 2.45. The number of aryl methyl sites for hydroxylation is 2. The van der Waals surface area contributed by atoms with Crippen molar-refractivity contribution in [1.82, 2.24) is 0 Å². The van der Waals surface area contributed by atoms with Crippen molar-refractivity contribution in [1.29, 1.82) is 0 Å². The average molecular weight is 361 g/mol. The van der Waals surface area contributed by atoms with Gasteiger partial charge in [0.25, 0.3) is 0 Å². The summed E-state index contributed by atoms with van der Waals surface area (Å²) in [6.45, 7) is 3.84. The van der Waals surface area contributed by atoms with E-state index in [4.69, 9.17) is 0 Å². The van der Waals surface area contributed by atoms with Gasteiger partial charge in [0, 0.05) is 15.8 Å². The van der Waals surface area contributed by atoms with Crippen molar-refractivity contribution < 1.29 is 9.59 Å². The number of hydrogen-bond donors (Lipinski definition) is 2. The summed E-state index contributed by atoms with van der Waals surface area (Å²) in [5, 5.41) is 5.49. The summed E-state index contributed by atoms with van der Waals surface area (Å²) < 4.78 is 0.929. The van der Waals surface area contributed by atoms with Crippen LogP contribution in [0.3, 0.4) is 0 Å². The molecule has 0 fully saturated rings. The molecule has 2 aromatic rings. The fourth-order valence-corrected chi connectivity index (χ4v) is 2.34. The Balaban J connectivity index is 1.94. The van der Waals surface area contributed by atoms with Crippen molar-refractivity contribution in [3.05, 3.63) is 58.1 Å². The van der Waals surface area contributed by atoms with Crippen LogP contribution in [0.25, 0.3) is 0 Å². The molecule has 0 aliphatic carbocycles. The van der Waals surface area contributed by atoms with E-state index in [1.165, 1.54) is 0 Å². The predicted molar refractivity (Wildman–Crippen MR) is 91.9 cm³/mol. The molecule has 0 unspecified atom stereocenters. The van der Waals surface area contributed by atoms with Crippen molar-refractivity contribution in [2.24, 2.45) is 0 Å². The molecule has 0 radical (unpaired) electrons. The van der Waals surface area contributed by atoms with Gasteiger partial charge < -0.3 is 10.6 Å². The van der Waals surface area contributed by atoms with Crippen molar-refractivity contribution in [2.45, 2.75) is 20.3 Å². The van der Waals surface area contributed by atoms with E-state index in [0.717, 1.165) is 21.3 Å². The molecule has 0 heterocycles. The van der Waals surface area contributed by atoms with Crippen LogP contribution in [0.5, 0.6) is 0 Å². The third-order valence-corrected chi connectivity index (χ3v) is 3.72. The number of rotatable bonds is 4. The predicted octanol–water partition coefficient (Wildman–Crippen LogP) is 4.03. The number of carbonyl (C=O) groups excluding carboxylic acids is 2. The van der Waals surface area contributed by atoms with Crippen LogP contribution >= 0.6 is 15.9 Å². The van der Waals surface area contributed by atoms with E-state index in [0.29, 0.717) is 5.69 Å². The molecule has 0 spiro atoms. The molecular weight excluding hydrogens is 344 g/mol. The van der Waals surface area contributed by atoms with Gasteiger partial charge >= 0.3 is 0 Å². The second-order valence-electron chi connectivity index (χ2n) is 5.05. The number of benzene rings is 2.